The van der Waals surface area contributed by atoms with E-state index in [1.807, 2.05) is 0 Å². The van der Waals surface area contributed by atoms with Crippen LogP contribution in [-0.2, 0) is 0 Å². The van der Waals surface area contributed by atoms with Gasteiger partial charge in [0.1, 0.15) is 0 Å². The van der Waals surface area contributed by atoms with E-state index in [-0.39, 0.29) is 29.0 Å². The summed E-state index contributed by atoms with van der Waals surface area (Å²) in [4.78, 5) is 11.7. The molecule has 1 heterocycles. The molecule has 0 radical (unpaired) electrons. The van der Waals surface area contributed by atoms with Crippen LogP contribution in [0.1, 0.15) is 36.2 Å². The Bertz CT molecular complexity index is 370. The molecule has 1 aliphatic rings. The average Bonchev–Trinajstić information content (AvgIpc) is 2.68. The number of carbonyl (C=O) groups excluding carboxylic acids is 1. The maximum Gasteiger partial charge on any atom is 0.287 e. The summed E-state index contributed by atoms with van der Waals surface area (Å²) >= 11 is 5.60. The number of halogens is 1. The van der Waals surface area contributed by atoms with Gasteiger partial charge in [0.25, 0.3) is 5.91 Å². The highest BCUT2D eigenvalue weighted by molar-refractivity contribution is 6.29. The summed E-state index contributed by atoms with van der Waals surface area (Å²) in [5.74, 6) is 0.0623. The smallest absolute Gasteiger partial charge is 0.287 e. The maximum atomic E-state index is 11.7. The van der Waals surface area contributed by atoms with Crippen LogP contribution in [0, 0.1) is 0 Å². The highest BCUT2D eigenvalue weighted by Gasteiger charge is 2.21. The SMILES string of the molecule is NC1CCC(NC(=O)c2ccc(Cl)o2)CC1. The fourth-order valence-electron chi connectivity index (χ4n) is 1.96. The van der Waals surface area contributed by atoms with Gasteiger partial charge in [0.15, 0.2) is 11.0 Å². The summed E-state index contributed by atoms with van der Waals surface area (Å²) in [6.07, 6.45) is 3.79. The monoisotopic (exact) mass is 242 g/mol. The van der Waals surface area contributed by atoms with Gasteiger partial charge in [-0.15, -0.1) is 0 Å². The van der Waals surface area contributed by atoms with Crippen LogP contribution in [0.15, 0.2) is 16.5 Å². The van der Waals surface area contributed by atoms with Crippen LogP contribution in [0.2, 0.25) is 5.22 Å². The van der Waals surface area contributed by atoms with Crippen LogP contribution >= 0.6 is 11.6 Å². The molecule has 0 saturated heterocycles. The minimum Gasteiger partial charge on any atom is -0.440 e. The number of carbonyl (C=O) groups is 1. The molecule has 3 N–H and O–H groups in total. The van der Waals surface area contributed by atoms with Gasteiger partial charge in [0, 0.05) is 12.1 Å². The van der Waals surface area contributed by atoms with E-state index in [0.717, 1.165) is 25.7 Å². The summed E-state index contributed by atoms with van der Waals surface area (Å²) in [7, 11) is 0. The molecule has 5 heteroatoms. The van der Waals surface area contributed by atoms with Crippen molar-refractivity contribution in [3.8, 4) is 0 Å². The van der Waals surface area contributed by atoms with Crippen LogP contribution in [0.4, 0.5) is 0 Å². The first kappa shape index (κ1) is 11.5. The van der Waals surface area contributed by atoms with Crippen molar-refractivity contribution in [3.05, 3.63) is 23.1 Å². The van der Waals surface area contributed by atoms with Crippen LogP contribution < -0.4 is 11.1 Å². The number of nitrogens with two attached hydrogens (primary N) is 1. The molecule has 1 aliphatic carbocycles. The van der Waals surface area contributed by atoms with Crippen LogP contribution in [0.3, 0.4) is 0 Å². The number of furan rings is 1. The molecular formula is C11H15ClN2O2. The molecule has 0 aromatic carbocycles. The largest absolute Gasteiger partial charge is 0.440 e. The summed E-state index contributed by atoms with van der Waals surface area (Å²) in [5.41, 5.74) is 5.79. The van der Waals surface area contributed by atoms with Crippen LogP contribution in [0.25, 0.3) is 0 Å². The van der Waals surface area contributed by atoms with Crippen molar-refractivity contribution in [1.82, 2.24) is 5.32 Å². The fraction of sp³-hybridized carbons (Fsp3) is 0.545. The van der Waals surface area contributed by atoms with Gasteiger partial charge in [-0.05, 0) is 49.4 Å². The second-order valence-corrected chi connectivity index (χ2v) is 4.56. The lowest BCUT2D eigenvalue weighted by Gasteiger charge is -2.26. The molecule has 0 unspecified atom stereocenters. The molecule has 1 aromatic heterocycles. The highest BCUT2D eigenvalue weighted by Crippen LogP contribution is 2.18. The van der Waals surface area contributed by atoms with Gasteiger partial charge >= 0.3 is 0 Å². The first-order valence-corrected chi connectivity index (χ1v) is 5.85. The van der Waals surface area contributed by atoms with Gasteiger partial charge in [0.2, 0.25) is 0 Å². The van der Waals surface area contributed by atoms with Crippen molar-refractivity contribution in [1.29, 1.82) is 0 Å². The summed E-state index contributed by atoms with van der Waals surface area (Å²) in [6, 6.07) is 3.63. The minimum atomic E-state index is -0.202. The molecule has 1 aromatic rings. The lowest BCUT2D eigenvalue weighted by molar-refractivity contribution is 0.0898. The zero-order valence-corrected chi connectivity index (χ0v) is 9.67. The molecule has 0 bridgehead atoms. The minimum absolute atomic E-state index is 0.202. The van der Waals surface area contributed by atoms with Crippen LogP contribution in [0.5, 0.6) is 0 Å². The van der Waals surface area contributed by atoms with Gasteiger partial charge in [-0.3, -0.25) is 4.79 Å². The molecule has 2 rings (SSSR count). The first-order valence-electron chi connectivity index (χ1n) is 5.47. The Labute approximate surface area is 99.1 Å². The van der Waals surface area contributed by atoms with Crippen LogP contribution in [-0.4, -0.2) is 18.0 Å². The Morgan fingerprint density at radius 3 is 2.62 bits per heavy atom. The third-order valence-electron chi connectivity index (χ3n) is 2.90. The molecule has 4 nitrogen and oxygen atoms in total. The third-order valence-corrected chi connectivity index (χ3v) is 3.11. The predicted octanol–water partition coefficient (Wildman–Crippen LogP) is 1.93. The third kappa shape index (κ3) is 2.77. The molecule has 1 amide bonds. The number of rotatable bonds is 2. The topological polar surface area (TPSA) is 68.3 Å². The van der Waals surface area contributed by atoms with E-state index in [1.54, 1.807) is 12.1 Å². The van der Waals surface area contributed by atoms with E-state index in [9.17, 15) is 4.79 Å². The van der Waals surface area contributed by atoms with Crippen molar-refractivity contribution in [3.63, 3.8) is 0 Å². The standard InChI is InChI=1S/C11H15ClN2O2/c12-10-6-5-9(16-10)11(15)14-8-3-1-7(13)2-4-8/h5-8H,1-4,13H2,(H,14,15). The zero-order valence-electron chi connectivity index (χ0n) is 8.91. The first-order chi connectivity index (χ1) is 7.65. The van der Waals surface area contributed by atoms with E-state index in [4.69, 9.17) is 21.8 Å². The molecule has 0 aliphatic heterocycles. The van der Waals surface area contributed by atoms with Gasteiger partial charge in [-0.2, -0.15) is 0 Å². The van der Waals surface area contributed by atoms with E-state index in [2.05, 4.69) is 5.32 Å². The van der Waals surface area contributed by atoms with Crippen molar-refractivity contribution < 1.29 is 9.21 Å². The van der Waals surface area contributed by atoms with E-state index in [1.165, 1.54) is 0 Å². The lowest BCUT2D eigenvalue weighted by atomic mass is 9.92. The zero-order chi connectivity index (χ0) is 11.5. The number of nitrogens with one attached hydrogen (secondary N) is 1. The molecule has 0 spiro atoms. The Morgan fingerprint density at radius 1 is 1.38 bits per heavy atom. The van der Waals surface area contributed by atoms with E-state index in [0.29, 0.717) is 0 Å². The molecule has 16 heavy (non-hydrogen) atoms. The van der Waals surface area contributed by atoms with E-state index >= 15 is 0 Å². The maximum absolute atomic E-state index is 11.7. The number of hydrogen-bond acceptors (Lipinski definition) is 3. The second-order valence-electron chi connectivity index (χ2n) is 4.19. The quantitative estimate of drug-likeness (QED) is 0.833. The average molecular weight is 243 g/mol. The van der Waals surface area contributed by atoms with Crippen molar-refractivity contribution >= 4 is 17.5 Å². The summed E-state index contributed by atoms with van der Waals surface area (Å²) < 4.78 is 5.04. The van der Waals surface area contributed by atoms with Gasteiger partial charge < -0.3 is 15.5 Å². The van der Waals surface area contributed by atoms with Gasteiger partial charge in [-0.25, -0.2) is 0 Å². The van der Waals surface area contributed by atoms with Gasteiger partial charge in [-0.1, -0.05) is 0 Å². The normalized spacial score (nSPS) is 25.4. The Kier molecular flexibility index (Phi) is 3.51. The molecule has 1 fully saturated rings. The molecule has 1 saturated carbocycles. The Balaban J connectivity index is 1.88. The highest BCUT2D eigenvalue weighted by atomic mass is 35.5. The predicted molar refractivity (Wildman–Crippen MR) is 61.4 cm³/mol. The fourth-order valence-corrected chi connectivity index (χ4v) is 2.10. The van der Waals surface area contributed by atoms with Gasteiger partial charge in [0.05, 0.1) is 0 Å². The second kappa shape index (κ2) is 4.89. The molecule has 88 valence electrons. The summed E-state index contributed by atoms with van der Waals surface area (Å²) in [6.45, 7) is 0. The Hall–Kier alpha value is -1.00. The molecular weight excluding hydrogens is 228 g/mol. The number of amides is 1. The van der Waals surface area contributed by atoms with Crippen molar-refractivity contribution in [2.75, 3.05) is 0 Å². The van der Waals surface area contributed by atoms with Crippen molar-refractivity contribution in [2.45, 2.75) is 37.8 Å². The van der Waals surface area contributed by atoms with E-state index < -0.39 is 0 Å². The summed E-state index contributed by atoms with van der Waals surface area (Å²) in [5, 5.41) is 3.15. The number of hydrogen-bond donors (Lipinski definition) is 2. The molecule has 0 atom stereocenters. The van der Waals surface area contributed by atoms with Crippen molar-refractivity contribution in [2.24, 2.45) is 5.73 Å². The lowest BCUT2D eigenvalue weighted by Crippen LogP contribution is -2.40. The Morgan fingerprint density at radius 2 is 2.06 bits per heavy atom.